The van der Waals surface area contributed by atoms with E-state index in [1.54, 1.807) is 0 Å². The number of halogens is 1. The lowest BCUT2D eigenvalue weighted by Crippen LogP contribution is -2.23. The Balaban J connectivity index is 2.80. The molecule has 1 rings (SSSR count). The van der Waals surface area contributed by atoms with Crippen molar-refractivity contribution in [1.82, 2.24) is 5.32 Å². The number of hydrogen-bond donors (Lipinski definition) is 1. The van der Waals surface area contributed by atoms with Crippen molar-refractivity contribution < 1.29 is 0 Å². The van der Waals surface area contributed by atoms with Crippen LogP contribution in [0.2, 0.25) is 5.02 Å². The number of benzene rings is 1. The highest BCUT2D eigenvalue weighted by Gasteiger charge is 2.10. The van der Waals surface area contributed by atoms with Gasteiger partial charge in [0, 0.05) is 36.4 Å². The van der Waals surface area contributed by atoms with Crippen molar-refractivity contribution in [2.75, 3.05) is 25.0 Å². The van der Waals surface area contributed by atoms with Crippen LogP contribution < -0.4 is 10.2 Å². The Morgan fingerprint density at radius 1 is 1.33 bits per heavy atom. The molecule has 1 aromatic carbocycles. The summed E-state index contributed by atoms with van der Waals surface area (Å²) in [6.45, 7) is 9.52. The molecule has 0 radical (unpaired) electrons. The molecule has 1 N–H and O–H groups in total. The third-order valence-electron chi connectivity index (χ3n) is 2.92. The molecule has 0 amide bonds. The highest BCUT2D eigenvalue weighted by molar-refractivity contribution is 6.31. The van der Waals surface area contributed by atoms with Crippen molar-refractivity contribution in [2.24, 2.45) is 5.92 Å². The van der Waals surface area contributed by atoms with E-state index in [-0.39, 0.29) is 0 Å². The van der Waals surface area contributed by atoms with Crippen LogP contribution in [0.3, 0.4) is 0 Å². The van der Waals surface area contributed by atoms with Crippen LogP contribution in [0.1, 0.15) is 32.8 Å². The van der Waals surface area contributed by atoms with Gasteiger partial charge in [0.1, 0.15) is 0 Å². The summed E-state index contributed by atoms with van der Waals surface area (Å²) in [5, 5.41) is 4.32. The van der Waals surface area contributed by atoms with E-state index in [4.69, 9.17) is 11.6 Å². The Morgan fingerprint density at radius 2 is 2.06 bits per heavy atom. The summed E-state index contributed by atoms with van der Waals surface area (Å²) < 4.78 is 0. The van der Waals surface area contributed by atoms with E-state index in [9.17, 15) is 0 Å². The molecule has 0 heterocycles. The summed E-state index contributed by atoms with van der Waals surface area (Å²) in [4.78, 5) is 2.28. The van der Waals surface area contributed by atoms with Gasteiger partial charge < -0.3 is 10.2 Å². The van der Waals surface area contributed by atoms with Crippen LogP contribution in [-0.4, -0.2) is 20.1 Å². The second-order valence-electron chi connectivity index (χ2n) is 5.18. The molecule has 102 valence electrons. The standard InChI is InChI=1S/C15H25ClN2/c1-5-9-18(4)15-8-6-7-14(16)13(15)11-17-10-12(2)3/h6-8,12,17H,5,9-11H2,1-4H3. The van der Waals surface area contributed by atoms with Crippen LogP contribution in [-0.2, 0) is 6.54 Å². The zero-order valence-corrected chi connectivity index (χ0v) is 12.7. The third-order valence-corrected chi connectivity index (χ3v) is 3.27. The fourth-order valence-electron chi connectivity index (χ4n) is 2.02. The summed E-state index contributed by atoms with van der Waals surface area (Å²) in [6.07, 6.45) is 1.14. The minimum absolute atomic E-state index is 0.657. The predicted octanol–water partition coefficient (Wildman–Crippen LogP) is 3.93. The van der Waals surface area contributed by atoms with Gasteiger partial charge in [-0.2, -0.15) is 0 Å². The van der Waals surface area contributed by atoms with Gasteiger partial charge >= 0.3 is 0 Å². The first-order chi connectivity index (χ1) is 8.56. The highest BCUT2D eigenvalue weighted by atomic mass is 35.5. The van der Waals surface area contributed by atoms with Gasteiger partial charge in [0.05, 0.1) is 0 Å². The zero-order valence-electron chi connectivity index (χ0n) is 12.0. The highest BCUT2D eigenvalue weighted by Crippen LogP contribution is 2.27. The summed E-state index contributed by atoms with van der Waals surface area (Å²) >= 11 is 6.32. The molecule has 0 fully saturated rings. The van der Waals surface area contributed by atoms with Gasteiger partial charge in [0.15, 0.2) is 0 Å². The fraction of sp³-hybridized carbons (Fsp3) is 0.600. The molecule has 0 saturated heterocycles. The van der Waals surface area contributed by atoms with Crippen LogP contribution in [0.15, 0.2) is 18.2 Å². The summed E-state index contributed by atoms with van der Waals surface area (Å²) in [5.74, 6) is 0.657. The molecule has 0 atom stereocenters. The molecular formula is C15H25ClN2. The second-order valence-corrected chi connectivity index (χ2v) is 5.59. The Bertz CT molecular complexity index is 364. The SMILES string of the molecule is CCCN(C)c1cccc(Cl)c1CNCC(C)C. The predicted molar refractivity (Wildman–Crippen MR) is 81.6 cm³/mol. The minimum Gasteiger partial charge on any atom is -0.374 e. The molecule has 18 heavy (non-hydrogen) atoms. The van der Waals surface area contributed by atoms with Gasteiger partial charge in [-0.1, -0.05) is 38.4 Å². The lowest BCUT2D eigenvalue weighted by Gasteiger charge is -2.23. The molecule has 0 aliphatic heterocycles. The first-order valence-electron chi connectivity index (χ1n) is 6.75. The maximum absolute atomic E-state index is 6.32. The Labute approximate surface area is 116 Å². The molecule has 0 bridgehead atoms. The Kier molecular flexibility index (Phi) is 6.51. The van der Waals surface area contributed by atoms with Crippen molar-refractivity contribution in [2.45, 2.75) is 33.7 Å². The van der Waals surface area contributed by atoms with Gasteiger partial charge in [-0.15, -0.1) is 0 Å². The maximum Gasteiger partial charge on any atom is 0.0471 e. The van der Waals surface area contributed by atoms with E-state index in [0.29, 0.717) is 5.92 Å². The van der Waals surface area contributed by atoms with E-state index in [1.165, 1.54) is 11.3 Å². The number of nitrogens with zero attached hydrogens (tertiary/aromatic N) is 1. The Hall–Kier alpha value is -0.730. The van der Waals surface area contributed by atoms with Gasteiger partial charge in [-0.3, -0.25) is 0 Å². The zero-order chi connectivity index (χ0) is 13.5. The van der Waals surface area contributed by atoms with E-state index in [2.05, 4.69) is 44.1 Å². The van der Waals surface area contributed by atoms with Crippen LogP contribution >= 0.6 is 11.6 Å². The largest absolute Gasteiger partial charge is 0.374 e. The average molecular weight is 269 g/mol. The molecule has 0 saturated carbocycles. The van der Waals surface area contributed by atoms with Crippen LogP contribution in [0, 0.1) is 5.92 Å². The maximum atomic E-state index is 6.32. The molecular weight excluding hydrogens is 244 g/mol. The average Bonchev–Trinajstić information content (AvgIpc) is 2.31. The van der Waals surface area contributed by atoms with Gasteiger partial charge in [0.2, 0.25) is 0 Å². The number of hydrogen-bond acceptors (Lipinski definition) is 2. The van der Waals surface area contributed by atoms with Gasteiger partial charge in [-0.05, 0) is 31.0 Å². The number of rotatable bonds is 7. The van der Waals surface area contributed by atoms with Gasteiger partial charge in [-0.25, -0.2) is 0 Å². The summed E-state index contributed by atoms with van der Waals surface area (Å²) in [5.41, 5.74) is 2.44. The molecule has 0 aromatic heterocycles. The molecule has 3 heteroatoms. The van der Waals surface area contributed by atoms with Crippen molar-refractivity contribution in [3.05, 3.63) is 28.8 Å². The number of nitrogens with one attached hydrogen (secondary N) is 1. The molecule has 0 spiro atoms. The molecule has 1 aromatic rings. The van der Waals surface area contributed by atoms with E-state index in [0.717, 1.165) is 31.1 Å². The van der Waals surface area contributed by atoms with Crippen molar-refractivity contribution in [1.29, 1.82) is 0 Å². The third kappa shape index (κ3) is 4.51. The van der Waals surface area contributed by atoms with E-state index >= 15 is 0 Å². The topological polar surface area (TPSA) is 15.3 Å². The lowest BCUT2D eigenvalue weighted by molar-refractivity contribution is 0.552. The van der Waals surface area contributed by atoms with Gasteiger partial charge in [0.25, 0.3) is 0 Å². The lowest BCUT2D eigenvalue weighted by atomic mass is 10.1. The van der Waals surface area contributed by atoms with Crippen molar-refractivity contribution >= 4 is 17.3 Å². The molecule has 2 nitrogen and oxygen atoms in total. The smallest absolute Gasteiger partial charge is 0.0471 e. The molecule has 0 aliphatic carbocycles. The monoisotopic (exact) mass is 268 g/mol. The van der Waals surface area contributed by atoms with Crippen LogP contribution in [0.25, 0.3) is 0 Å². The van der Waals surface area contributed by atoms with Crippen LogP contribution in [0.4, 0.5) is 5.69 Å². The van der Waals surface area contributed by atoms with Crippen molar-refractivity contribution in [3.63, 3.8) is 0 Å². The normalized spacial score (nSPS) is 11.0. The minimum atomic E-state index is 0.657. The first kappa shape index (κ1) is 15.3. The molecule has 0 unspecified atom stereocenters. The van der Waals surface area contributed by atoms with E-state index in [1.807, 2.05) is 12.1 Å². The Morgan fingerprint density at radius 3 is 2.67 bits per heavy atom. The van der Waals surface area contributed by atoms with E-state index < -0.39 is 0 Å². The fourth-order valence-corrected chi connectivity index (χ4v) is 2.26. The first-order valence-corrected chi connectivity index (χ1v) is 7.13. The van der Waals surface area contributed by atoms with Crippen LogP contribution in [0.5, 0.6) is 0 Å². The second kappa shape index (κ2) is 7.65. The summed E-state index contributed by atoms with van der Waals surface area (Å²) in [7, 11) is 2.13. The van der Waals surface area contributed by atoms with Crippen molar-refractivity contribution in [3.8, 4) is 0 Å². The number of anilines is 1. The quantitative estimate of drug-likeness (QED) is 0.806. The molecule has 0 aliphatic rings. The summed E-state index contributed by atoms with van der Waals surface area (Å²) in [6, 6.07) is 6.14.